The Morgan fingerprint density at radius 2 is 2.04 bits per heavy atom. The fraction of sp³-hybridized carbons (Fsp3) is 0.333. The second kappa shape index (κ2) is 6.75. The highest BCUT2D eigenvalue weighted by Crippen LogP contribution is 2.21. The van der Waals surface area contributed by atoms with Crippen LogP contribution < -0.4 is 4.90 Å². The van der Waals surface area contributed by atoms with Gasteiger partial charge in [-0.2, -0.15) is 16.4 Å². The number of hydrogen-bond acceptors (Lipinski definition) is 5. The van der Waals surface area contributed by atoms with Gasteiger partial charge in [-0.15, -0.1) is 0 Å². The van der Waals surface area contributed by atoms with E-state index in [1.807, 2.05) is 12.4 Å². The van der Waals surface area contributed by atoms with Crippen LogP contribution in [-0.2, 0) is 26.2 Å². The third kappa shape index (κ3) is 3.34. The quantitative estimate of drug-likeness (QED) is 0.716. The number of pyridine rings is 1. The second-order valence-corrected chi connectivity index (χ2v) is 7.06. The molecule has 4 heterocycles. The summed E-state index contributed by atoms with van der Waals surface area (Å²) in [6.07, 6.45) is 3.71. The van der Waals surface area contributed by atoms with Crippen molar-refractivity contribution in [2.24, 2.45) is 0 Å². The van der Waals surface area contributed by atoms with Crippen LogP contribution in [0.1, 0.15) is 17.0 Å². The van der Waals surface area contributed by atoms with Crippen molar-refractivity contribution in [3.8, 4) is 0 Å². The average molecular weight is 339 g/mol. The predicted molar refractivity (Wildman–Crippen MR) is 97.0 cm³/mol. The van der Waals surface area contributed by atoms with Gasteiger partial charge < -0.3 is 4.90 Å². The van der Waals surface area contributed by atoms with Crippen LogP contribution >= 0.6 is 11.3 Å². The second-order valence-electron chi connectivity index (χ2n) is 6.28. The standard InChI is InChI=1S/C18H21N5S/c1-21(11-15-4-9-24-14-15)12-16-10-18-13-22(7-8-23(18)20-16)17-2-5-19-6-3-17/h2-6,9-10,14H,7-8,11-13H2,1H3. The molecule has 0 unspecified atom stereocenters. The molecule has 0 fully saturated rings. The molecule has 124 valence electrons. The van der Waals surface area contributed by atoms with Crippen LogP contribution in [0.5, 0.6) is 0 Å². The van der Waals surface area contributed by atoms with Gasteiger partial charge in [0.2, 0.25) is 0 Å². The third-order valence-corrected chi connectivity index (χ3v) is 5.07. The van der Waals surface area contributed by atoms with Crippen molar-refractivity contribution in [1.82, 2.24) is 19.7 Å². The van der Waals surface area contributed by atoms with E-state index >= 15 is 0 Å². The molecule has 24 heavy (non-hydrogen) atoms. The van der Waals surface area contributed by atoms with Gasteiger partial charge in [0.05, 0.1) is 24.5 Å². The van der Waals surface area contributed by atoms with E-state index in [9.17, 15) is 0 Å². The Labute approximate surface area is 146 Å². The van der Waals surface area contributed by atoms with Gasteiger partial charge in [-0.3, -0.25) is 14.6 Å². The Morgan fingerprint density at radius 3 is 2.83 bits per heavy atom. The molecule has 1 aliphatic heterocycles. The van der Waals surface area contributed by atoms with Crippen molar-refractivity contribution in [3.05, 3.63) is 64.4 Å². The van der Waals surface area contributed by atoms with Crippen LogP contribution in [0, 0.1) is 0 Å². The highest BCUT2D eigenvalue weighted by atomic mass is 32.1. The van der Waals surface area contributed by atoms with Crippen LogP contribution in [-0.4, -0.2) is 33.3 Å². The normalized spacial score (nSPS) is 14.2. The summed E-state index contributed by atoms with van der Waals surface area (Å²) in [6, 6.07) is 8.58. The number of anilines is 1. The minimum Gasteiger partial charge on any atom is -0.364 e. The van der Waals surface area contributed by atoms with E-state index in [1.165, 1.54) is 16.9 Å². The lowest BCUT2D eigenvalue weighted by molar-refractivity contribution is 0.313. The molecule has 0 radical (unpaired) electrons. The summed E-state index contributed by atoms with van der Waals surface area (Å²) in [5.41, 5.74) is 5.04. The number of fused-ring (bicyclic) bond motifs is 1. The molecule has 3 aromatic rings. The van der Waals surface area contributed by atoms with Gasteiger partial charge in [0.15, 0.2) is 0 Å². The fourth-order valence-corrected chi connectivity index (χ4v) is 3.86. The van der Waals surface area contributed by atoms with Gasteiger partial charge in [0.1, 0.15) is 0 Å². The summed E-state index contributed by atoms with van der Waals surface area (Å²) in [5.74, 6) is 0. The number of nitrogens with zero attached hydrogens (tertiary/aromatic N) is 5. The zero-order chi connectivity index (χ0) is 16.4. The molecule has 1 aliphatic rings. The Hall–Kier alpha value is -2.18. The largest absolute Gasteiger partial charge is 0.364 e. The minimum absolute atomic E-state index is 0.880. The lowest BCUT2D eigenvalue weighted by atomic mass is 10.2. The van der Waals surface area contributed by atoms with Gasteiger partial charge in [0.25, 0.3) is 0 Å². The van der Waals surface area contributed by atoms with Crippen molar-refractivity contribution < 1.29 is 0 Å². The average Bonchev–Trinajstić information content (AvgIpc) is 3.23. The minimum atomic E-state index is 0.880. The molecule has 0 N–H and O–H groups in total. The van der Waals surface area contributed by atoms with Crippen molar-refractivity contribution in [2.45, 2.75) is 26.2 Å². The highest BCUT2D eigenvalue weighted by molar-refractivity contribution is 7.07. The Morgan fingerprint density at radius 1 is 1.17 bits per heavy atom. The van der Waals surface area contributed by atoms with E-state index in [0.29, 0.717) is 0 Å². The van der Waals surface area contributed by atoms with Crippen LogP contribution in [0.4, 0.5) is 5.69 Å². The van der Waals surface area contributed by atoms with Crippen LogP contribution in [0.15, 0.2) is 47.4 Å². The fourth-order valence-electron chi connectivity index (χ4n) is 3.21. The summed E-state index contributed by atoms with van der Waals surface area (Å²) >= 11 is 1.75. The summed E-state index contributed by atoms with van der Waals surface area (Å²) in [5, 5.41) is 9.13. The van der Waals surface area contributed by atoms with Crippen molar-refractivity contribution in [2.75, 3.05) is 18.5 Å². The van der Waals surface area contributed by atoms with Crippen molar-refractivity contribution >= 4 is 17.0 Å². The van der Waals surface area contributed by atoms with Crippen LogP contribution in [0.2, 0.25) is 0 Å². The van der Waals surface area contributed by atoms with Gasteiger partial charge in [-0.05, 0) is 47.6 Å². The molecule has 0 bridgehead atoms. The molecule has 0 spiro atoms. The molecule has 0 aliphatic carbocycles. The maximum atomic E-state index is 4.79. The van der Waals surface area contributed by atoms with Crippen LogP contribution in [0.3, 0.4) is 0 Å². The van der Waals surface area contributed by atoms with Gasteiger partial charge in [0, 0.05) is 37.7 Å². The first-order valence-corrected chi connectivity index (χ1v) is 9.12. The van der Waals surface area contributed by atoms with E-state index in [4.69, 9.17) is 5.10 Å². The first-order valence-electron chi connectivity index (χ1n) is 8.18. The van der Waals surface area contributed by atoms with E-state index in [2.05, 4.69) is 61.5 Å². The number of aromatic nitrogens is 3. The number of rotatable bonds is 5. The Balaban J connectivity index is 1.43. The monoisotopic (exact) mass is 339 g/mol. The number of hydrogen-bond donors (Lipinski definition) is 0. The van der Waals surface area contributed by atoms with Crippen molar-refractivity contribution in [3.63, 3.8) is 0 Å². The molecule has 0 aromatic carbocycles. The lowest BCUT2D eigenvalue weighted by Crippen LogP contribution is -2.33. The first kappa shape index (κ1) is 15.4. The van der Waals surface area contributed by atoms with E-state index in [-0.39, 0.29) is 0 Å². The zero-order valence-corrected chi connectivity index (χ0v) is 14.6. The molecule has 5 nitrogen and oxygen atoms in total. The summed E-state index contributed by atoms with van der Waals surface area (Å²) < 4.78 is 2.16. The number of thiophene rings is 1. The molecule has 0 atom stereocenters. The first-order chi connectivity index (χ1) is 11.8. The maximum absolute atomic E-state index is 4.79. The summed E-state index contributed by atoms with van der Waals surface area (Å²) in [7, 11) is 2.15. The van der Waals surface area contributed by atoms with Gasteiger partial charge >= 0.3 is 0 Å². The van der Waals surface area contributed by atoms with Crippen molar-refractivity contribution in [1.29, 1.82) is 0 Å². The third-order valence-electron chi connectivity index (χ3n) is 4.34. The zero-order valence-electron chi connectivity index (χ0n) is 13.8. The van der Waals surface area contributed by atoms with E-state index in [0.717, 1.165) is 38.4 Å². The molecular formula is C18H21N5S. The lowest BCUT2D eigenvalue weighted by Gasteiger charge is -2.29. The molecule has 0 saturated carbocycles. The molecule has 4 rings (SSSR count). The smallest absolute Gasteiger partial charge is 0.0768 e. The molecule has 3 aromatic heterocycles. The van der Waals surface area contributed by atoms with Gasteiger partial charge in [-0.25, -0.2) is 0 Å². The molecule has 0 amide bonds. The highest BCUT2D eigenvalue weighted by Gasteiger charge is 2.19. The van der Waals surface area contributed by atoms with Gasteiger partial charge in [-0.1, -0.05) is 0 Å². The maximum Gasteiger partial charge on any atom is 0.0768 e. The Kier molecular flexibility index (Phi) is 4.32. The van der Waals surface area contributed by atoms with Crippen LogP contribution in [0.25, 0.3) is 0 Å². The predicted octanol–water partition coefficient (Wildman–Crippen LogP) is 2.99. The summed E-state index contributed by atoms with van der Waals surface area (Å²) in [4.78, 5) is 8.81. The topological polar surface area (TPSA) is 37.2 Å². The molecule has 0 saturated heterocycles. The SMILES string of the molecule is CN(Cc1ccsc1)Cc1cc2n(n1)CCN(c1ccncc1)C2. The van der Waals surface area contributed by atoms with E-state index < -0.39 is 0 Å². The molecule has 6 heteroatoms. The summed E-state index contributed by atoms with van der Waals surface area (Å²) in [6.45, 7) is 4.68. The molecular weight excluding hydrogens is 318 g/mol. The Bertz CT molecular complexity index is 781. The van der Waals surface area contributed by atoms with E-state index in [1.54, 1.807) is 11.3 Å².